The van der Waals surface area contributed by atoms with Crippen LogP contribution in [0.4, 0.5) is 17.6 Å². The highest BCUT2D eigenvalue weighted by Crippen LogP contribution is 2.32. The average molecular weight is 596 g/mol. The summed E-state index contributed by atoms with van der Waals surface area (Å²) in [6.45, 7) is -0.255. The van der Waals surface area contributed by atoms with Crippen molar-refractivity contribution in [1.29, 1.82) is 0 Å². The van der Waals surface area contributed by atoms with Crippen molar-refractivity contribution in [1.82, 2.24) is 35.1 Å². The van der Waals surface area contributed by atoms with E-state index in [0.717, 1.165) is 18.2 Å². The zero-order chi connectivity index (χ0) is 27.8. The summed E-state index contributed by atoms with van der Waals surface area (Å²) in [7, 11) is 1.60. The molecule has 10 nitrogen and oxygen atoms in total. The van der Waals surface area contributed by atoms with Crippen LogP contribution in [0.1, 0.15) is 34.6 Å². The van der Waals surface area contributed by atoms with Crippen molar-refractivity contribution in [2.75, 3.05) is 6.61 Å². The largest absolute Gasteiger partial charge is 0.390 e. The Kier molecular flexibility index (Phi) is 7.42. The van der Waals surface area contributed by atoms with Gasteiger partial charge < -0.3 is 10.4 Å². The zero-order valence-electron chi connectivity index (χ0n) is 19.7. The second kappa shape index (κ2) is 10.4. The van der Waals surface area contributed by atoms with E-state index < -0.39 is 47.4 Å². The first-order chi connectivity index (χ1) is 17.9. The van der Waals surface area contributed by atoms with Crippen LogP contribution in [0.5, 0.6) is 0 Å². The lowest BCUT2D eigenvalue weighted by Crippen LogP contribution is -2.32. The minimum Gasteiger partial charge on any atom is -0.390 e. The van der Waals surface area contributed by atoms with E-state index in [1.165, 1.54) is 36.1 Å². The molecule has 0 aliphatic rings. The number of aromatic nitrogens is 6. The fourth-order valence-electron chi connectivity index (χ4n) is 3.62. The van der Waals surface area contributed by atoms with E-state index in [1.54, 1.807) is 7.05 Å². The molecule has 0 radical (unpaired) electrons. The van der Waals surface area contributed by atoms with Crippen molar-refractivity contribution in [3.63, 3.8) is 0 Å². The molecule has 3 aromatic heterocycles. The van der Waals surface area contributed by atoms with Gasteiger partial charge in [0.1, 0.15) is 18.1 Å². The summed E-state index contributed by atoms with van der Waals surface area (Å²) in [5, 5.41) is 22.8. The molecule has 1 atom stereocenters. The van der Waals surface area contributed by atoms with Gasteiger partial charge in [0, 0.05) is 24.4 Å². The number of alkyl halides is 2. The maximum Gasteiger partial charge on any atom is 0.298 e. The molecule has 2 N–H and O–H groups in total. The van der Waals surface area contributed by atoms with Crippen LogP contribution in [-0.2, 0) is 13.0 Å². The summed E-state index contributed by atoms with van der Waals surface area (Å²) in [6.07, 6.45) is 2.61. The van der Waals surface area contributed by atoms with E-state index in [0.29, 0.717) is 15.9 Å². The number of aryl methyl sites for hydroxylation is 1. The minimum absolute atomic E-state index is 0.145. The SMILES string of the molecule is C[C@@H](NC(=O)c1cc(Br)c(=O)n(-c2cc(-c3cnnn3C)cnc2F)n1)c1cccc(C(F)(F)CO)c1F. The van der Waals surface area contributed by atoms with Gasteiger partial charge >= 0.3 is 0 Å². The molecule has 0 unspecified atom stereocenters. The summed E-state index contributed by atoms with van der Waals surface area (Å²) in [5.41, 5.74) is -2.03. The van der Waals surface area contributed by atoms with Gasteiger partial charge in [-0.25, -0.2) is 14.1 Å². The number of halogens is 5. The Morgan fingerprint density at radius 1 is 1.24 bits per heavy atom. The summed E-state index contributed by atoms with van der Waals surface area (Å²) in [6, 6.07) is 4.41. The Labute approximate surface area is 220 Å². The number of carbonyl (C=O) groups is 1. The van der Waals surface area contributed by atoms with E-state index in [-0.39, 0.29) is 21.4 Å². The highest BCUT2D eigenvalue weighted by atomic mass is 79.9. The molecule has 0 fully saturated rings. The highest BCUT2D eigenvalue weighted by Gasteiger charge is 2.35. The second-order valence-corrected chi connectivity index (χ2v) is 8.99. The van der Waals surface area contributed by atoms with E-state index in [4.69, 9.17) is 5.11 Å². The van der Waals surface area contributed by atoms with Gasteiger partial charge in [-0.3, -0.25) is 9.59 Å². The van der Waals surface area contributed by atoms with Crippen LogP contribution in [-0.4, -0.2) is 47.4 Å². The Hall–Kier alpha value is -3.98. The van der Waals surface area contributed by atoms with Gasteiger partial charge in [-0.2, -0.15) is 23.0 Å². The molecule has 4 rings (SSSR count). The van der Waals surface area contributed by atoms with Crippen molar-refractivity contribution < 1.29 is 27.5 Å². The number of nitrogens with one attached hydrogen (secondary N) is 1. The molecular formula is C23H18BrF4N7O3. The number of carbonyl (C=O) groups excluding carboxylic acids is 1. The first-order valence-electron chi connectivity index (χ1n) is 10.8. The average Bonchev–Trinajstić information content (AvgIpc) is 3.31. The Balaban J connectivity index is 1.69. The lowest BCUT2D eigenvalue weighted by molar-refractivity contribution is -0.0584. The van der Waals surface area contributed by atoms with Crippen molar-refractivity contribution in [3.8, 4) is 16.9 Å². The fraction of sp³-hybridized carbons (Fsp3) is 0.217. The number of nitrogens with zero attached hydrogens (tertiary/aromatic N) is 6. The summed E-state index contributed by atoms with van der Waals surface area (Å²) in [5.74, 6) is -7.09. The topological polar surface area (TPSA) is 128 Å². The number of pyridine rings is 1. The van der Waals surface area contributed by atoms with Gasteiger partial charge in [-0.1, -0.05) is 17.3 Å². The van der Waals surface area contributed by atoms with Crippen molar-refractivity contribution >= 4 is 21.8 Å². The third-order valence-corrected chi connectivity index (χ3v) is 6.16. The first kappa shape index (κ1) is 27.1. The number of amides is 1. The summed E-state index contributed by atoms with van der Waals surface area (Å²) < 4.78 is 59.2. The predicted octanol–water partition coefficient (Wildman–Crippen LogP) is 3.04. The third kappa shape index (κ3) is 5.06. The lowest BCUT2D eigenvalue weighted by atomic mass is 10.0. The fourth-order valence-corrected chi connectivity index (χ4v) is 4.00. The van der Waals surface area contributed by atoms with E-state index in [2.05, 4.69) is 41.6 Å². The van der Waals surface area contributed by atoms with E-state index in [9.17, 15) is 27.2 Å². The molecule has 15 heteroatoms. The van der Waals surface area contributed by atoms with Crippen LogP contribution in [0.15, 0.2) is 52.0 Å². The van der Waals surface area contributed by atoms with Crippen LogP contribution in [0.3, 0.4) is 0 Å². The van der Waals surface area contributed by atoms with Crippen LogP contribution >= 0.6 is 15.9 Å². The third-order valence-electron chi connectivity index (χ3n) is 5.59. The number of hydrogen-bond acceptors (Lipinski definition) is 7. The van der Waals surface area contributed by atoms with Gasteiger partial charge in [0.25, 0.3) is 17.4 Å². The monoisotopic (exact) mass is 595 g/mol. The number of benzene rings is 1. The van der Waals surface area contributed by atoms with E-state index in [1.807, 2.05) is 0 Å². The predicted molar refractivity (Wildman–Crippen MR) is 129 cm³/mol. The molecule has 0 saturated carbocycles. The molecule has 0 saturated heterocycles. The summed E-state index contributed by atoms with van der Waals surface area (Å²) >= 11 is 3.03. The van der Waals surface area contributed by atoms with Crippen LogP contribution in [0, 0.1) is 11.8 Å². The van der Waals surface area contributed by atoms with Crippen LogP contribution < -0.4 is 10.9 Å². The molecule has 1 amide bonds. The smallest absolute Gasteiger partial charge is 0.298 e. The van der Waals surface area contributed by atoms with Crippen molar-refractivity contribution in [2.45, 2.75) is 18.9 Å². The quantitative estimate of drug-likeness (QED) is 0.248. The number of aliphatic hydroxyl groups excluding tert-OH is 1. The van der Waals surface area contributed by atoms with E-state index >= 15 is 0 Å². The molecule has 0 bridgehead atoms. The first-order valence-corrected chi connectivity index (χ1v) is 11.6. The molecule has 198 valence electrons. The normalized spacial score (nSPS) is 12.4. The van der Waals surface area contributed by atoms with Crippen molar-refractivity contribution in [2.24, 2.45) is 7.05 Å². The number of aliphatic hydroxyl groups is 1. The zero-order valence-corrected chi connectivity index (χ0v) is 21.2. The highest BCUT2D eigenvalue weighted by molar-refractivity contribution is 9.10. The molecule has 1 aromatic carbocycles. The molecule has 0 aliphatic carbocycles. The molecule has 0 spiro atoms. The van der Waals surface area contributed by atoms with Gasteiger partial charge in [-0.15, -0.1) is 5.10 Å². The Morgan fingerprint density at radius 3 is 2.63 bits per heavy atom. The Morgan fingerprint density at radius 2 is 1.97 bits per heavy atom. The Bertz CT molecular complexity index is 1590. The lowest BCUT2D eigenvalue weighted by Gasteiger charge is -2.20. The summed E-state index contributed by atoms with van der Waals surface area (Å²) in [4.78, 5) is 29.4. The maximum absolute atomic E-state index is 14.8. The molecule has 3 heterocycles. The van der Waals surface area contributed by atoms with Gasteiger partial charge in [0.05, 0.1) is 28.0 Å². The molecule has 4 aromatic rings. The van der Waals surface area contributed by atoms with Gasteiger partial charge in [0.15, 0.2) is 5.69 Å². The molecular weight excluding hydrogens is 578 g/mol. The second-order valence-electron chi connectivity index (χ2n) is 8.14. The van der Waals surface area contributed by atoms with Gasteiger partial charge in [0.2, 0.25) is 5.95 Å². The van der Waals surface area contributed by atoms with Crippen LogP contribution in [0.25, 0.3) is 16.9 Å². The number of rotatable bonds is 7. The standard InChI is InChI=1S/C23H18BrF4N7O3/c1-11(13-4-3-5-14(19(13)25)23(27,28)10-36)31-21(37)16-7-15(24)22(38)35(32-16)17-6-12(8-29-20(17)26)18-9-30-33-34(18)2/h3-9,11,36H,10H2,1-2H3,(H,31,37)/t11-/m1/s1. The number of hydrogen-bond donors (Lipinski definition) is 2. The molecule has 0 aliphatic heterocycles. The molecule has 38 heavy (non-hydrogen) atoms. The minimum atomic E-state index is -3.83. The van der Waals surface area contributed by atoms with Crippen molar-refractivity contribution in [3.05, 3.63) is 86.1 Å². The maximum atomic E-state index is 14.8. The van der Waals surface area contributed by atoms with Crippen LogP contribution in [0.2, 0.25) is 0 Å². The van der Waals surface area contributed by atoms with Gasteiger partial charge in [-0.05, 0) is 41.1 Å².